The molecule has 1 aromatic heterocycles. The average Bonchev–Trinajstić information content (AvgIpc) is 3.27. The Labute approximate surface area is 164 Å². The third kappa shape index (κ3) is 3.93. The van der Waals surface area contributed by atoms with Gasteiger partial charge in [-0.2, -0.15) is 0 Å². The fourth-order valence-corrected chi connectivity index (χ4v) is 3.80. The van der Waals surface area contributed by atoms with E-state index in [1.54, 1.807) is 12.1 Å². The number of anilines is 1. The fourth-order valence-electron chi connectivity index (χ4n) is 3.80. The highest BCUT2D eigenvalue weighted by Gasteiger charge is 2.29. The van der Waals surface area contributed by atoms with Crippen LogP contribution < -0.4 is 4.90 Å². The van der Waals surface area contributed by atoms with Gasteiger partial charge in [-0.1, -0.05) is 42.5 Å². The number of amides is 1. The third-order valence-electron chi connectivity index (χ3n) is 5.33. The zero-order chi connectivity index (χ0) is 19.3. The number of benzene rings is 2. The zero-order valence-corrected chi connectivity index (χ0v) is 15.7. The largest absolute Gasteiger partial charge is 0.366 e. The van der Waals surface area contributed by atoms with Crippen LogP contribution in [0.25, 0.3) is 0 Å². The first kappa shape index (κ1) is 18.3. The van der Waals surface area contributed by atoms with E-state index in [0.29, 0.717) is 38.3 Å². The summed E-state index contributed by atoms with van der Waals surface area (Å²) in [6.07, 6.45) is 4.55. The lowest BCUT2D eigenvalue weighted by molar-refractivity contribution is -0.135. The fraction of sp³-hybridized carbons (Fsp3) is 0.261. The Balaban J connectivity index is 1.47. The van der Waals surface area contributed by atoms with Gasteiger partial charge in [0.1, 0.15) is 11.9 Å². The van der Waals surface area contributed by atoms with Crippen LogP contribution in [-0.2, 0) is 11.2 Å². The van der Waals surface area contributed by atoms with Gasteiger partial charge in [0.15, 0.2) is 0 Å². The number of piperazine rings is 1. The number of nitrogens with zero attached hydrogens (tertiary/aromatic N) is 3. The van der Waals surface area contributed by atoms with Gasteiger partial charge in [-0.15, -0.1) is 0 Å². The van der Waals surface area contributed by atoms with Crippen LogP contribution in [0.5, 0.6) is 0 Å². The monoisotopic (exact) mass is 377 g/mol. The molecule has 0 saturated carbocycles. The average molecular weight is 377 g/mol. The number of hydrogen-bond donors (Lipinski definition) is 0. The third-order valence-corrected chi connectivity index (χ3v) is 5.33. The van der Waals surface area contributed by atoms with E-state index in [2.05, 4.69) is 12.1 Å². The highest BCUT2D eigenvalue weighted by molar-refractivity contribution is 5.81. The van der Waals surface area contributed by atoms with E-state index in [-0.39, 0.29) is 17.8 Å². The van der Waals surface area contributed by atoms with Crippen LogP contribution in [-0.4, -0.2) is 41.6 Å². The van der Waals surface area contributed by atoms with Gasteiger partial charge in [0.2, 0.25) is 5.91 Å². The van der Waals surface area contributed by atoms with Crippen molar-refractivity contribution in [2.75, 3.05) is 31.1 Å². The van der Waals surface area contributed by atoms with Crippen LogP contribution in [0.2, 0.25) is 0 Å². The van der Waals surface area contributed by atoms with Crippen molar-refractivity contribution in [1.82, 2.24) is 9.47 Å². The van der Waals surface area contributed by atoms with Crippen LogP contribution in [0.15, 0.2) is 79.1 Å². The van der Waals surface area contributed by atoms with Crippen molar-refractivity contribution in [3.05, 3.63) is 90.5 Å². The number of carbonyl (C=O) groups excluding carboxylic acids is 1. The van der Waals surface area contributed by atoms with Crippen LogP contribution in [0.1, 0.15) is 11.6 Å². The van der Waals surface area contributed by atoms with Gasteiger partial charge in [-0.05, 0) is 29.8 Å². The number of para-hydroxylation sites is 1. The molecule has 0 radical (unpaired) electrons. The van der Waals surface area contributed by atoms with E-state index < -0.39 is 0 Å². The van der Waals surface area contributed by atoms with E-state index in [0.717, 1.165) is 5.56 Å². The molecule has 1 saturated heterocycles. The Morgan fingerprint density at radius 2 is 1.50 bits per heavy atom. The van der Waals surface area contributed by atoms with Crippen molar-refractivity contribution in [3.8, 4) is 0 Å². The lowest BCUT2D eigenvalue weighted by Gasteiger charge is -2.38. The maximum absolute atomic E-state index is 14.1. The summed E-state index contributed by atoms with van der Waals surface area (Å²) in [5, 5.41) is 0. The highest BCUT2D eigenvalue weighted by atomic mass is 19.1. The topological polar surface area (TPSA) is 28.5 Å². The maximum atomic E-state index is 14.1. The molecule has 28 heavy (non-hydrogen) atoms. The predicted octanol–water partition coefficient (Wildman–Crippen LogP) is 3.76. The number of aromatic nitrogens is 1. The van der Waals surface area contributed by atoms with E-state index in [1.165, 1.54) is 6.07 Å². The molecule has 2 heterocycles. The Morgan fingerprint density at radius 1 is 0.857 bits per heavy atom. The second-order valence-corrected chi connectivity index (χ2v) is 7.10. The number of carbonyl (C=O) groups is 1. The quantitative estimate of drug-likeness (QED) is 0.677. The molecule has 0 bridgehead atoms. The summed E-state index contributed by atoms with van der Waals surface area (Å²) >= 11 is 0. The molecule has 1 atom stereocenters. The standard InChI is InChI=1S/C23H24FN3O/c24-20-10-4-5-11-21(20)26-14-16-27(17-15-26)23(28)22(25-12-6-7-13-25)18-19-8-2-1-3-9-19/h1-13,22H,14-18H2. The normalized spacial score (nSPS) is 15.5. The molecule has 0 aliphatic carbocycles. The molecule has 1 fully saturated rings. The van der Waals surface area contributed by atoms with Gasteiger partial charge in [0.05, 0.1) is 5.69 Å². The molecule has 1 aliphatic heterocycles. The molecular formula is C23H24FN3O. The lowest BCUT2D eigenvalue weighted by atomic mass is 10.0. The lowest BCUT2D eigenvalue weighted by Crippen LogP contribution is -2.51. The molecule has 4 nitrogen and oxygen atoms in total. The summed E-state index contributed by atoms with van der Waals surface area (Å²) in [5.41, 5.74) is 1.75. The summed E-state index contributed by atoms with van der Waals surface area (Å²) < 4.78 is 16.0. The van der Waals surface area contributed by atoms with Crippen LogP contribution in [0, 0.1) is 5.82 Å². The summed E-state index contributed by atoms with van der Waals surface area (Å²) in [5.74, 6) is -0.0928. The van der Waals surface area contributed by atoms with Crippen LogP contribution in [0.3, 0.4) is 0 Å². The minimum absolute atomic E-state index is 0.119. The number of halogens is 1. The molecule has 0 spiro atoms. The summed E-state index contributed by atoms with van der Waals surface area (Å²) in [4.78, 5) is 17.2. The highest BCUT2D eigenvalue weighted by Crippen LogP contribution is 2.23. The van der Waals surface area contributed by atoms with Crippen molar-refractivity contribution in [3.63, 3.8) is 0 Å². The van der Waals surface area contributed by atoms with Gasteiger partial charge in [0.25, 0.3) is 0 Å². The molecule has 2 aromatic carbocycles. The molecule has 3 aromatic rings. The molecule has 4 rings (SSSR count). The number of hydrogen-bond acceptors (Lipinski definition) is 2. The Hall–Kier alpha value is -3.08. The van der Waals surface area contributed by atoms with E-state index in [1.807, 2.05) is 63.2 Å². The molecule has 0 N–H and O–H groups in total. The van der Waals surface area contributed by atoms with Crippen molar-refractivity contribution >= 4 is 11.6 Å². The summed E-state index contributed by atoms with van der Waals surface area (Å²) in [6, 6.07) is 20.5. The summed E-state index contributed by atoms with van der Waals surface area (Å²) in [7, 11) is 0. The summed E-state index contributed by atoms with van der Waals surface area (Å²) in [6.45, 7) is 2.46. The number of rotatable bonds is 5. The first-order chi connectivity index (χ1) is 13.7. The van der Waals surface area contributed by atoms with Crippen molar-refractivity contribution in [2.45, 2.75) is 12.5 Å². The smallest absolute Gasteiger partial charge is 0.246 e. The zero-order valence-electron chi connectivity index (χ0n) is 15.7. The second kappa shape index (κ2) is 8.30. The van der Waals surface area contributed by atoms with Gasteiger partial charge < -0.3 is 14.4 Å². The van der Waals surface area contributed by atoms with E-state index in [9.17, 15) is 9.18 Å². The Kier molecular flexibility index (Phi) is 5.42. The van der Waals surface area contributed by atoms with Crippen molar-refractivity contribution in [1.29, 1.82) is 0 Å². The molecule has 1 unspecified atom stereocenters. The molecule has 1 aliphatic rings. The van der Waals surface area contributed by atoms with Gasteiger partial charge >= 0.3 is 0 Å². The minimum atomic E-state index is -0.266. The van der Waals surface area contributed by atoms with Crippen LogP contribution in [0.4, 0.5) is 10.1 Å². The van der Waals surface area contributed by atoms with Gasteiger partial charge in [0, 0.05) is 45.0 Å². The molecule has 1 amide bonds. The van der Waals surface area contributed by atoms with E-state index >= 15 is 0 Å². The Bertz CT molecular complexity index is 903. The molecular weight excluding hydrogens is 353 g/mol. The van der Waals surface area contributed by atoms with Crippen molar-refractivity contribution in [2.24, 2.45) is 0 Å². The van der Waals surface area contributed by atoms with Crippen LogP contribution >= 0.6 is 0 Å². The minimum Gasteiger partial charge on any atom is -0.366 e. The first-order valence-corrected chi connectivity index (χ1v) is 9.67. The maximum Gasteiger partial charge on any atom is 0.246 e. The van der Waals surface area contributed by atoms with E-state index in [4.69, 9.17) is 0 Å². The first-order valence-electron chi connectivity index (χ1n) is 9.67. The Morgan fingerprint density at radius 3 is 2.18 bits per heavy atom. The predicted molar refractivity (Wildman–Crippen MR) is 109 cm³/mol. The van der Waals surface area contributed by atoms with Crippen molar-refractivity contribution < 1.29 is 9.18 Å². The molecule has 144 valence electrons. The second-order valence-electron chi connectivity index (χ2n) is 7.10. The van der Waals surface area contributed by atoms with Gasteiger partial charge in [-0.3, -0.25) is 4.79 Å². The molecule has 5 heteroatoms. The van der Waals surface area contributed by atoms with Gasteiger partial charge in [-0.25, -0.2) is 4.39 Å². The SMILES string of the molecule is O=C(C(Cc1ccccc1)n1cccc1)N1CCN(c2ccccc2F)CC1.